The lowest BCUT2D eigenvalue weighted by Crippen LogP contribution is -2.17. The highest BCUT2D eigenvalue weighted by Crippen LogP contribution is 2.26. The van der Waals surface area contributed by atoms with Crippen LogP contribution in [-0.2, 0) is 4.74 Å². The zero-order chi connectivity index (χ0) is 14.2. The molecule has 2 N–H and O–H groups in total. The molecule has 0 aliphatic heterocycles. The second-order valence-corrected chi connectivity index (χ2v) is 4.69. The molecule has 0 aliphatic carbocycles. The lowest BCUT2D eigenvalue weighted by atomic mass is 10.1. The van der Waals surface area contributed by atoms with Crippen LogP contribution in [0.2, 0.25) is 0 Å². The van der Waals surface area contributed by atoms with E-state index in [2.05, 4.69) is 18.9 Å². The molecule has 19 heavy (non-hydrogen) atoms. The Morgan fingerprint density at radius 2 is 2.16 bits per heavy atom. The van der Waals surface area contributed by atoms with Gasteiger partial charge in [0.1, 0.15) is 0 Å². The van der Waals surface area contributed by atoms with E-state index in [-0.39, 0.29) is 6.04 Å². The second kappa shape index (κ2) is 4.79. The number of carbonyl (C=O) groups is 1. The average molecular weight is 262 g/mol. The summed E-state index contributed by atoms with van der Waals surface area (Å²) in [5.41, 5.74) is 2.74. The third-order valence-electron chi connectivity index (χ3n) is 3.08. The number of aromatic nitrogens is 3. The standard InChI is InChI=1S/C13H18N4O2/c1-8(2)17-6-5-11(15-17)10-7-16(14)12(9(10)3)13(18)19-4/h5-8H,14H2,1-4H3. The van der Waals surface area contributed by atoms with Gasteiger partial charge in [0.25, 0.3) is 0 Å². The second-order valence-electron chi connectivity index (χ2n) is 4.69. The molecule has 0 atom stereocenters. The van der Waals surface area contributed by atoms with Crippen molar-refractivity contribution in [2.45, 2.75) is 26.8 Å². The first kappa shape index (κ1) is 13.2. The van der Waals surface area contributed by atoms with Crippen LogP contribution in [0.3, 0.4) is 0 Å². The maximum Gasteiger partial charge on any atom is 0.356 e. The van der Waals surface area contributed by atoms with Crippen LogP contribution in [-0.4, -0.2) is 27.5 Å². The molecule has 0 aliphatic rings. The molecule has 2 heterocycles. The third-order valence-corrected chi connectivity index (χ3v) is 3.08. The van der Waals surface area contributed by atoms with Gasteiger partial charge in [-0.15, -0.1) is 0 Å². The summed E-state index contributed by atoms with van der Waals surface area (Å²) in [4.78, 5) is 11.7. The Morgan fingerprint density at radius 3 is 2.68 bits per heavy atom. The highest BCUT2D eigenvalue weighted by atomic mass is 16.5. The smallest absolute Gasteiger partial charge is 0.356 e. The molecule has 0 bridgehead atoms. The van der Waals surface area contributed by atoms with Crippen molar-refractivity contribution in [3.05, 3.63) is 29.7 Å². The normalized spacial score (nSPS) is 11.0. The predicted octanol–water partition coefficient (Wildman–Crippen LogP) is 1.74. The summed E-state index contributed by atoms with van der Waals surface area (Å²) < 4.78 is 7.87. The van der Waals surface area contributed by atoms with Gasteiger partial charge in [0.15, 0.2) is 5.69 Å². The van der Waals surface area contributed by atoms with Crippen LogP contribution >= 0.6 is 0 Å². The highest BCUT2D eigenvalue weighted by Gasteiger charge is 2.20. The van der Waals surface area contributed by atoms with E-state index in [1.54, 1.807) is 6.20 Å². The lowest BCUT2D eigenvalue weighted by Gasteiger charge is -2.03. The van der Waals surface area contributed by atoms with E-state index in [9.17, 15) is 4.79 Å². The minimum Gasteiger partial charge on any atom is -0.464 e. The predicted molar refractivity (Wildman–Crippen MR) is 72.3 cm³/mol. The van der Waals surface area contributed by atoms with Crippen LogP contribution in [0.15, 0.2) is 18.5 Å². The molecule has 0 saturated carbocycles. The molecular formula is C13H18N4O2. The molecule has 0 fully saturated rings. The molecule has 2 aromatic heterocycles. The summed E-state index contributed by atoms with van der Waals surface area (Å²) >= 11 is 0. The van der Waals surface area contributed by atoms with Crippen LogP contribution in [0.1, 0.15) is 35.9 Å². The number of rotatable bonds is 3. The van der Waals surface area contributed by atoms with Gasteiger partial charge in [-0.05, 0) is 32.4 Å². The molecule has 6 nitrogen and oxygen atoms in total. The monoisotopic (exact) mass is 262 g/mol. The van der Waals surface area contributed by atoms with Gasteiger partial charge >= 0.3 is 5.97 Å². The number of carbonyl (C=O) groups excluding carboxylic acids is 1. The molecular weight excluding hydrogens is 244 g/mol. The first-order valence-electron chi connectivity index (χ1n) is 6.06. The van der Waals surface area contributed by atoms with Crippen molar-refractivity contribution in [1.82, 2.24) is 14.5 Å². The zero-order valence-electron chi connectivity index (χ0n) is 11.5. The summed E-state index contributed by atoms with van der Waals surface area (Å²) in [6, 6.07) is 2.19. The van der Waals surface area contributed by atoms with Crippen molar-refractivity contribution >= 4 is 5.97 Å². The number of hydrogen-bond donors (Lipinski definition) is 1. The van der Waals surface area contributed by atoms with E-state index >= 15 is 0 Å². The highest BCUT2D eigenvalue weighted by molar-refractivity contribution is 5.92. The molecule has 0 spiro atoms. The van der Waals surface area contributed by atoms with Gasteiger partial charge < -0.3 is 10.6 Å². The summed E-state index contributed by atoms with van der Waals surface area (Å²) in [6.45, 7) is 5.94. The molecule has 6 heteroatoms. The number of nitrogens with two attached hydrogens (primary N) is 1. The Balaban J connectivity index is 2.48. The first-order valence-corrected chi connectivity index (χ1v) is 6.06. The topological polar surface area (TPSA) is 75.1 Å². The van der Waals surface area contributed by atoms with Crippen LogP contribution in [0.25, 0.3) is 11.3 Å². The maximum atomic E-state index is 11.7. The van der Waals surface area contributed by atoms with E-state index < -0.39 is 5.97 Å². The minimum atomic E-state index is -0.449. The quantitative estimate of drug-likeness (QED) is 0.675. The molecule has 0 unspecified atom stereocenters. The molecule has 0 amide bonds. The molecule has 2 rings (SSSR count). The van der Waals surface area contributed by atoms with Crippen molar-refractivity contribution in [2.24, 2.45) is 0 Å². The third kappa shape index (κ3) is 2.21. The van der Waals surface area contributed by atoms with Crippen LogP contribution in [0.4, 0.5) is 0 Å². The zero-order valence-corrected chi connectivity index (χ0v) is 11.5. The number of nitrogens with zero attached hydrogens (tertiary/aromatic N) is 3. The van der Waals surface area contributed by atoms with Gasteiger partial charge in [-0.2, -0.15) is 5.10 Å². The largest absolute Gasteiger partial charge is 0.464 e. The summed E-state index contributed by atoms with van der Waals surface area (Å²) in [7, 11) is 1.34. The maximum absolute atomic E-state index is 11.7. The van der Waals surface area contributed by atoms with E-state index in [0.717, 1.165) is 16.8 Å². The fraction of sp³-hybridized carbons (Fsp3) is 0.385. The summed E-state index contributed by atoms with van der Waals surface area (Å²) in [5.74, 6) is 5.35. The average Bonchev–Trinajstić information content (AvgIpc) is 2.94. The molecule has 0 radical (unpaired) electrons. The van der Waals surface area contributed by atoms with Crippen molar-refractivity contribution in [3.8, 4) is 11.3 Å². The van der Waals surface area contributed by atoms with Crippen molar-refractivity contribution in [2.75, 3.05) is 13.0 Å². The van der Waals surface area contributed by atoms with Gasteiger partial charge in [-0.1, -0.05) is 0 Å². The fourth-order valence-electron chi connectivity index (χ4n) is 2.00. The van der Waals surface area contributed by atoms with E-state index in [0.29, 0.717) is 5.69 Å². The summed E-state index contributed by atoms with van der Waals surface area (Å²) in [5, 5.41) is 4.48. The molecule has 0 aromatic carbocycles. The Morgan fingerprint density at radius 1 is 1.47 bits per heavy atom. The van der Waals surface area contributed by atoms with Crippen molar-refractivity contribution in [1.29, 1.82) is 0 Å². The number of ether oxygens (including phenoxy) is 1. The number of esters is 1. The van der Waals surface area contributed by atoms with E-state index in [1.165, 1.54) is 11.8 Å². The number of nitrogen functional groups attached to an aromatic ring is 1. The van der Waals surface area contributed by atoms with Gasteiger partial charge in [0.2, 0.25) is 0 Å². The molecule has 2 aromatic rings. The Kier molecular flexibility index (Phi) is 3.33. The molecule has 102 valence electrons. The van der Waals surface area contributed by atoms with Gasteiger partial charge in [-0.3, -0.25) is 9.36 Å². The minimum absolute atomic E-state index is 0.286. The summed E-state index contributed by atoms with van der Waals surface area (Å²) in [6.07, 6.45) is 3.60. The lowest BCUT2D eigenvalue weighted by molar-refractivity contribution is 0.0590. The van der Waals surface area contributed by atoms with Gasteiger partial charge in [0, 0.05) is 24.0 Å². The van der Waals surface area contributed by atoms with Crippen LogP contribution < -0.4 is 5.84 Å². The number of methoxy groups -OCH3 is 1. The SMILES string of the molecule is COC(=O)c1c(C)c(-c2ccn(C(C)C)n2)cn1N. The first-order chi connectivity index (χ1) is 8.95. The van der Waals surface area contributed by atoms with E-state index in [1.807, 2.05) is 23.9 Å². The van der Waals surface area contributed by atoms with Crippen LogP contribution in [0.5, 0.6) is 0 Å². The Labute approximate surface area is 111 Å². The Bertz CT molecular complexity index is 610. The van der Waals surface area contributed by atoms with Crippen molar-refractivity contribution in [3.63, 3.8) is 0 Å². The van der Waals surface area contributed by atoms with Gasteiger partial charge in [0.05, 0.1) is 12.8 Å². The van der Waals surface area contributed by atoms with Crippen LogP contribution in [0, 0.1) is 6.92 Å². The van der Waals surface area contributed by atoms with E-state index in [4.69, 9.17) is 10.6 Å². The fourth-order valence-corrected chi connectivity index (χ4v) is 2.00. The molecule has 0 saturated heterocycles. The van der Waals surface area contributed by atoms with Gasteiger partial charge in [-0.25, -0.2) is 4.79 Å². The Hall–Kier alpha value is -2.24. The van der Waals surface area contributed by atoms with Crippen molar-refractivity contribution < 1.29 is 9.53 Å². The number of hydrogen-bond acceptors (Lipinski definition) is 4.